The number of aliphatic carboxylic acids is 1. The number of aliphatic hydroxyl groups excluding tert-OH is 1. The highest BCUT2D eigenvalue weighted by atomic mass is 16.4. The smallest absolute Gasteiger partial charge is 0.344 e. The van der Waals surface area contributed by atoms with E-state index in [1.54, 1.807) is 19.9 Å². The number of aliphatic hydroxyl groups is 2. The fourth-order valence-electron chi connectivity index (χ4n) is 1.43. The fourth-order valence-corrected chi connectivity index (χ4v) is 1.43. The van der Waals surface area contributed by atoms with E-state index in [9.17, 15) is 15.0 Å². The van der Waals surface area contributed by atoms with Crippen LogP contribution in [0, 0.1) is 5.92 Å². The Morgan fingerprint density at radius 2 is 2.15 bits per heavy atom. The van der Waals surface area contributed by atoms with Gasteiger partial charge in [0.1, 0.15) is 5.76 Å². The zero-order chi connectivity index (χ0) is 10.2. The number of carboxylic acid groups (broad SMARTS) is 1. The zero-order valence-corrected chi connectivity index (χ0v) is 7.48. The van der Waals surface area contributed by atoms with Crippen molar-refractivity contribution in [3.8, 4) is 0 Å². The second-order valence-electron chi connectivity index (χ2n) is 3.30. The summed E-state index contributed by atoms with van der Waals surface area (Å²) >= 11 is 0. The normalized spacial score (nSPS) is 33.6. The Morgan fingerprint density at radius 3 is 2.54 bits per heavy atom. The van der Waals surface area contributed by atoms with Gasteiger partial charge in [0.05, 0.1) is 0 Å². The minimum Gasteiger partial charge on any atom is -0.509 e. The number of carbonyl (C=O) groups is 1. The molecule has 0 spiro atoms. The van der Waals surface area contributed by atoms with Crippen molar-refractivity contribution in [3.63, 3.8) is 0 Å². The number of carboxylic acids is 1. The first-order valence-corrected chi connectivity index (χ1v) is 3.94. The Balaban J connectivity index is 3.16. The molecule has 4 nitrogen and oxygen atoms in total. The molecule has 0 saturated heterocycles. The molecule has 0 radical (unpaired) electrons. The first-order chi connectivity index (χ1) is 5.89. The van der Waals surface area contributed by atoms with Crippen LogP contribution in [-0.4, -0.2) is 26.9 Å². The summed E-state index contributed by atoms with van der Waals surface area (Å²) in [6, 6.07) is 0. The highest BCUT2D eigenvalue weighted by Gasteiger charge is 2.46. The molecule has 1 rings (SSSR count). The Kier molecular flexibility index (Phi) is 2.17. The van der Waals surface area contributed by atoms with E-state index in [1.807, 2.05) is 0 Å². The van der Waals surface area contributed by atoms with Gasteiger partial charge < -0.3 is 15.3 Å². The fraction of sp³-hybridized carbons (Fsp3) is 0.444. The van der Waals surface area contributed by atoms with E-state index in [0.717, 1.165) is 5.57 Å². The predicted molar refractivity (Wildman–Crippen MR) is 46.2 cm³/mol. The van der Waals surface area contributed by atoms with Crippen LogP contribution < -0.4 is 0 Å². The molecule has 72 valence electrons. The van der Waals surface area contributed by atoms with Crippen LogP contribution in [0.5, 0.6) is 0 Å². The molecule has 1 aliphatic carbocycles. The molecular weight excluding hydrogens is 172 g/mol. The van der Waals surface area contributed by atoms with Gasteiger partial charge in [-0.2, -0.15) is 0 Å². The second-order valence-corrected chi connectivity index (χ2v) is 3.30. The van der Waals surface area contributed by atoms with E-state index in [4.69, 9.17) is 5.11 Å². The topological polar surface area (TPSA) is 77.8 Å². The first kappa shape index (κ1) is 9.80. The second kappa shape index (κ2) is 2.88. The lowest BCUT2D eigenvalue weighted by atomic mass is 9.81. The van der Waals surface area contributed by atoms with Crippen LogP contribution in [0.4, 0.5) is 0 Å². The lowest BCUT2D eigenvalue weighted by molar-refractivity contribution is -0.160. The third kappa shape index (κ3) is 1.33. The molecule has 0 amide bonds. The van der Waals surface area contributed by atoms with E-state index >= 15 is 0 Å². The van der Waals surface area contributed by atoms with Gasteiger partial charge in [0.2, 0.25) is 5.60 Å². The minimum atomic E-state index is -2.17. The molecular formula is C9H12O4. The van der Waals surface area contributed by atoms with Gasteiger partial charge in [0, 0.05) is 5.92 Å². The third-order valence-corrected chi connectivity index (χ3v) is 2.25. The van der Waals surface area contributed by atoms with Crippen molar-refractivity contribution in [2.24, 2.45) is 5.92 Å². The van der Waals surface area contributed by atoms with E-state index in [-0.39, 0.29) is 0 Å². The lowest BCUT2D eigenvalue weighted by Gasteiger charge is -2.30. The lowest BCUT2D eigenvalue weighted by Crippen LogP contribution is -2.47. The van der Waals surface area contributed by atoms with E-state index in [1.165, 1.54) is 6.08 Å². The van der Waals surface area contributed by atoms with Crippen LogP contribution in [0.15, 0.2) is 23.5 Å². The molecule has 13 heavy (non-hydrogen) atoms. The molecule has 0 heterocycles. The van der Waals surface area contributed by atoms with Crippen molar-refractivity contribution in [2.45, 2.75) is 19.4 Å². The number of rotatable bonds is 1. The summed E-state index contributed by atoms with van der Waals surface area (Å²) in [4.78, 5) is 10.7. The Morgan fingerprint density at radius 1 is 1.62 bits per heavy atom. The molecule has 2 unspecified atom stereocenters. The summed E-state index contributed by atoms with van der Waals surface area (Å²) in [7, 11) is 0. The molecule has 0 saturated carbocycles. The van der Waals surface area contributed by atoms with Gasteiger partial charge in [-0.1, -0.05) is 18.6 Å². The molecule has 0 aliphatic heterocycles. The maximum absolute atomic E-state index is 10.7. The molecule has 0 aromatic carbocycles. The molecule has 4 heteroatoms. The van der Waals surface area contributed by atoms with E-state index < -0.39 is 23.2 Å². The average molecular weight is 184 g/mol. The molecule has 0 aromatic rings. The molecule has 0 bridgehead atoms. The van der Waals surface area contributed by atoms with Gasteiger partial charge in [-0.15, -0.1) is 0 Å². The van der Waals surface area contributed by atoms with Gasteiger partial charge in [-0.25, -0.2) is 4.79 Å². The van der Waals surface area contributed by atoms with Crippen molar-refractivity contribution >= 4 is 5.97 Å². The van der Waals surface area contributed by atoms with Crippen molar-refractivity contribution in [2.75, 3.05) is 0 Å². The molecule has 0 fully saturated rings. The Bertz CT molecular complexity index is 303. The van der Waals surface area contributed by atoms with Crippen molar-refractivity contribution < 1.29 is 20.1 Å². The monoisotopic (exact) mass is 184 g/mol. The van der Waals surface area contributed by atoms with E-state index in [2.05, 4.69) is 0 Å². The summed E-state index contributed by atoms with van der Waals surface area (Å²) in [5.74, 6) is -2.57. The highest BCUT2D eigenvalue weighted by Crippen LogP contribution is 2.31. The average Bonchev–Trinajstić information content (AvgIpc) is 1.99. The van der Waals surface area contributed by atoms with E-state index in [0.29, 0.717) is 0 Å². The predicted octanol–water partition coefficient (Wildman–Crippen LogP) is 0.840. The molecule has 0 aromatic heterocycles. The highest BCUT2D eigenvalue weighted by molar-refractivity contribution is 5.82. The summed E-state index contributed by atoms with van der Waals surface area (Å²) in [5.41, 5.74) is -1.42. The number of hydrogen-bond donors (Lipinski definition) is 3. The minimum absolute atomic E-state index is 0.507. The van der Waals surface area contributed by atoms with Crippen LogP contribution in [-0.2, 0) is 4.79 Å². The van der Waals surface area contributed by atoms with Crippen LogP contribution in [0.25, 0.3) is 0 Å². The van der Waals surface area contributed by atoms with Gasteiger partial charge in [-0.3, -0.25) is 0 Å². The quantitative estimate of drug-likeness (QED) is 0.564. The van der Waals surface area contributed by atoms with Gasteiger partial charge in [-0.05, 0) is 13.0 Å². The van der Waals surface area contributed by atoms with Gasteiger partial charge >= 0.3 is 5.97 Å². The van der Waals surface area contributed by atoms with Crippen molar-refractivity contribution in [1.82, 2.24) is 0 Å². The zero-order valence-electron chi connectivity index (χ0n) is 7.48. The molecule has 2 atom stereocenters. The van der Waals surface area contributed by atoms with Crippen LogP contribution in [0.1, 0.15) is 13.8 Å². The van der Waals surface area contributed by atoms with Crippen LogP contribution in [0.2, 0.25) is 0 Å². The maximum Gasteiger partial charge on any atom is 0.344 e. The van der Waals surface area contributed by atoms with Crippen molar-refractivity contribution in [1.29, 1.82) is 0 Å². The van der Waals surface area contributed by atoms with Crippen LogP contribution in [0.3, 0.4) is 0 Å². The first-order valence-electron chi connectivity index (χ1n) is 3.94. The van der Waals surface area contributed by atoms with Gasteiger partial charge in [0.25, 0.3) is 0 Å². The third-order valence-electron chi connectivity index (χ3n) is 2.25. The van der Waals surface area contributed by atoms with Gasteiger partial charge in [0.15, 0.2) is 0 Å². The summed E-state index contributed by atoms with van der Waals surface area (Å²) in [5, 5.41) is 27.7. The number of hydrogen-bond acceptors (Lipinski definition) is 3. The Hall–Kier alpha value is -1.29. The van der Waals surface area contributed by atoms with Crippen molar-refractivity contribution in [3.05, 3.63) is 23.5 Å². The Labute approximate surface area is 75.8 Å². The summed E-state index contributed by atoms with van der Waals surface area (Å²) < 4.78 is 0. The largest absolute Gasteiger partial charge is 0.509 e. The summed E-state index contributed by atoms with van der Waals surface area (Å²) in [6.45, 7) is 3.27. The maximum atomic E-state index is 10.7. The molecule has 1 aliphatic rings. The molecule has 3 N–H and O–H groups in total. The standard InChI is InChI=1S/C9H12O4/c1-5-3-6(2)9(13,8(11)12)7(10)4-5/h3-4,6,10,13H,1-2H3,(H,11,12). The summed E-state index contributed by atoms with van der Waals surface area (Å²) in [6.07, 6.45) is 2.86. The SMILES string of the molecule is CC1=CC(C)C(O)(C(=O)O)C(O)=C1. The van der Waals surface area contributed by atoms with Crippen LogP contribution >= 0.6 is 0 Å². The number of allylic oxidation sites excluding steroid dienone is 2.